The highest BCUT2D eigenvalue weighted by Gasteiger charge is 2.31. The van der Waals surface area contributed by atoms with Crippen molar-refractivity contribution in [2.24, 2.45) is 5.92 Å². The van der Waals surface area contributed by atoms with Gasteiger partial charge in [-0.15, -0.1) is 11.3 Å². The fourth-order valence-corrected chi connectivity index (χ4v) is 3.92. The Hall–Kier alpha value is -1.89. The fourth-order valence-electron chi connectivity index (χ4n) is 3.20. The van der Waals surface area contributed by atoms with Crippen LogP contribution in [0.15, 0.2) is 17.8 Å². The average Bonchev–Trinajstić information content (AvgIpc) is 3.02. The number of imidazole rings is 1. The van der Waals surface area contributed by atoms with Crippen molar-refractivity contribution < 1.29 is 14.3 Å². The van der Waals surface area contributed by atoms with Crippen LogP contribution in [0, 0.1) is 5.92 Å². The quantitative estimate of drug-likeness (QED) is 0.686. The lowest BCUT2D eigenvalue weighted by molar-refractivity contribution is -0.147. The van der Waals surface area contributed by atoms with Gasteiger partial charge in [0.15, 0.2) is 4.96 Å². The van der Waals surface area contributed by atoms with Crippen LogP contribution >= 0.6 is 11.3 Å². The molecule has 0 aliphatic heterocycles. The number of ether oxygens (including phenoxy) is 1. The maximum absolute atomic E-state index is 12.3. The van der Waals surface area contributed by atoms with Crippen LogP contribution in [0.3, 0.4) is 0 Å². The topological polar surface area (TPSA) is 72.7 Å². The van der Waals surface area contributed by atoms with Crippen LogP contribution in [-0.2, 0) is 20.7 Å². The van der Waals surface area contributed by atoms with E-state index < -0.39 is 0 Å². The van der Waals surface area contributed by atoms with Crippen molar-refractivity contribution in [2.45, 2.75) is 44.6 Å². The summed E-state index contributed by atoms with van der Waals surface area (Å²) in [6, 6.07) is -0.138. The monoisotopic (exact) mass is 335 g/mol. The highest BCUT2D eigenvalue weighted by Crippen LogP contribution is 2.24. The molecule has 0 radical (unpaired) electrons. The Balaban J connectivity index is 1.64. The van der Waals surface area contributed by atoms with E-state index in [0.29, 0.717) is 0 Å². The lowest BCUT2D eigenvalue weighted by atomic mass is 9.94. The number of thiazole rings is 1. The van der Waals surface area contributed by atoms with Gasteiger partial charge in [0.2, 0.25) is 5.91 Å². The van der Waals surface area contributed by atoms with Gasteiger partial charge in [-0.25, -0.2) is 4.98 Å². The molecule has 0 bridgehead atoms. The van der Waals surface area contributed by atoms with Gasteiger partial charge in [-0.3, -0.25) is 14.0 Å². The van der Waals surface area contributed by atoms with E-state index in [1.807, 2.05) is 22.2 Å². The Morgan fingerprint density at radius 2 is 2.22 bits per heavy atom. The molecular weight excluding hydrogens is 314 g/mol. The number of fused-ring (bicyclic) bond motifs is 1. The summed E-state index contributed by atoms with van der Waals surface area (Å²) in [6.45, 7) is 0. The average molecular weight is 335 g/mol. The number of hydrogen-bond acceptors (Lipinski definition) is 5. The maximum Gasteiger partial charge on any atom is 0.310 e. The van der Waals surface area contributed by atoms with E-state index in [1.165, 1.54) is 18.4 Å². The number of esters is 1. The first-order valence-corrected chi connectivity index (χ1v) is 8.83. The van der Waals surface area contributed by atoms with Gasteiger partial charge < -0.3 is 10.1 Å². The summed E-state index contributed by atoms with van der Waals surface area (Å²) < 4.78 is 6.81. The normalized spacial score (nSPS) is 21.8. The van der Waals surface area contributed by atoms with Gasteiger partial charge in [0.05, 0.1) is 25.1 Å². The number of nitrogens with one attached hydrogen (secondary N) is 1. The lowest BCUT2D eigenvalue weighted by Crippen LogP contribution is -2.43. The summed E-state index contributed by atoms with van der Waals surface area (Å²) in [7, 11) is 1.41. The smallest absolute Gasteiger partial charge is 0.310 e. The van der Waals surface area contributed by atoms with Crippen molar-refractivity contribution in [3.8, 4) is 0 Å². The number of amides is 1. The highest BCUT2D eigenvalue weighted by molar-refractivity contribution is 7.15. The zero-order chi connectivity index (χ0) is 16.2. The summed E-state index contributed by atoms with van der Waals surface area (Å²) in [5.74, 6) is -0.548. The van der Waals surface area contributed by atoms with Gasteiger partial charge in [-0.05, 0) is 12.8 Å². The lowest BCUT2D eigenvalue weighted by Gasteiger charge is -2.24. The Labute approximate surface area is 138 Å². The summed E-state index contributed by atoms with van der Waals surface area (Å²) in [5, 5.41) is 4.98. The Kier molecular flexibility index (Phi) is 4.95. The molecule has 6 nitrogen and oxygen atoms in total. The second kappa shape index (κ2) is 7.12. The first-order valence-electron chi connectivity index (χ1n) is 7.95. The zero-order valence-electron chi connectivity index (χ0n) is 13.2. The number of carbonyl (C=O) groups is 2. The van der Waals surface area contributed by atoms with E-state index in [4.69, 9.17) is 4.74 Å². The van der Waals surface area contributed by atoms with Crippen LogP contribution in [0.4, 0.5) is 0 Å². The van der Waals surface area contributed by atoms with Gasteiger partial charge in [0.1, 0.15) is 0 Å². The van der Waals surface area contributed by atoms with E-state index >= 15 is 0 Å². The standard InChI is InChI=1S/C16H21N3O3S/c1-22-15(21)12-5-3-2-4-6-13(12)18-14(20)9-11-10-19-7-8-23-16(19)17-11/h7-8,10,12-13H,2-6,9H2,1H3,(H,18,20)/t12-,13-/m1/s1. The van der Waals surface area contributed by atoms with Crippen LogP contribution in [-0.4, -0.2) is 34.4 Å². The van der Waals surface area contributed by atoms with Crippen molar-refractivity contribution in [3.05, 3.63) is 23.5 Å². The highest BCUT2D eigenvalue weighted by atomic mass is 32.1. The second-order valence-corrected chi connectivity index (χ2v) is 6.82. The Morgan fingerprint density at radius 1 is 1.39 bits per heavy atom. The number of hydrogen-bond donors (Lipinski definition) is 1. The van der Waals surface area contributed by atoms with Crippen LogP contribution in [0.1, 0.15) is 37.8 Å². The van der Waals surface area contributed by atoms with Gasteiger partial charge in [0, 0.05) is 23.8 Å². The molecule has 3 rings (SSSR count). The van der Waals surface area contributed by atoms with Crippen LogP contribution in [0.2, 0.25) is 0 Å². The molecule has 7 heteroatoms. The molecule has 2 aromatic rings. The van der Waals surface area contributed by atoms with Crippen molar-refractivity contribution in [1.29, 1.82) is 0 Å². The first kappa shape index (κ1) is 16.0. The largest absolute Gasteiger partial charge is 0.469 e. The van der Waals surface area contributed by atoms with E-state index in [9.17, 15) is 9.59 Å². The van der Waals surface area contributed by atoms with Crippen LogP contribution < -0.4 is 5.32 Å². The van der Waals surface area contributed by atoms with E-state index in [2.05, 4.69) is 10.3 Å². The number of carbonyl (C=O) groups excluding carboxylic acids is 2. The third kappa shape index (κ3) is 3.72. The third-order valence-electron chi connectivity index (χ3n) is 4.35. The summed E-state index contributed by atoms with van der Waals surface area (Å²) in [6.07, 6.45) is 8.75. The summed E-state index contributed by atoms with van der Waals surface area (Å²) in [4.78, 5) is 29.6. The summed E-state index contributed by atoms with van der Waals surface area (Å²) >= 11 is 1.54. The zero-order valence-corrected chi connectivity index (χ0v) is 14.0. The molecular formula is C16H21N3O3S. The summed E-state index contributed by atoms with van der Waals surface area (Å²) in [5.41, 5.74) is 0.748. The van der Waals surface area contributed by atoms with Crippen molar-refractivity contribution in [3.63, 3.8) is 0 Å². The molecule has 1 N–H and O–H groups in total. The Morgan fingerprint density at radius 3 is 3.00 bits per heavy atom. The Bertz CT molecular complexity index is 665. The predicted molar refractivity (Wildman–Crippen MR) is 87.3 cm³/mol. The van der Waals surface area contributed by atoms with Crippen molar-refractivity contribution in [1.82, 2.24) is 14.7 Å². The van der Waals surface area contributed by atoms with Crippen LogP contribution in [0.25, 0.3) is 4.96 Å². The van der Waals surface area contributed by atoms with Gasteiger partial charge in [-0.1, -0.05) is 19.3 Å². The molecule has 0 aromatic carbocycles. The van der Waals surface area contributed by atoms with Gasteiger partial charge in [-0.2, -0.15) is 0 Å². The molecule has 0 saturated heterocycles. The van der Waals surface area contributed by atoms with E-state index in [0.717, 1.165) is 42.8 Å². The number of rotatable bonds is 4. The SMILES string of the molecule is COC(=O)[C@@H]1CCCCC[C@H]1NC(=O)Cc1cn2ccsc2n1. The molecule has 2 heterocycles. The van der Waals surface area contributed by atoms with E-state index in [1.54, 1.807) is 0 Å². The van der Waals surface area contributed by atoms with Crippen LogP contribution in [0.5, 0.6) is 0 Å². The molecule has 0 unspecified atom stereocenters. The van der Waals surface area contributed by atoms with E-state index in [-0.39, 0.29) is 30.3 Å². The minimum atomic E-state index is -0.239. The maximum atomic E-state index is 12.3. The number of nitrogens with zero attached hydrogens (tertiary/aromatic N) is 2. The predicted octanol–water partition coefficient (Wildman–Crippen LogP) is 2.18. The minimum Gasteiger partial charge on any atom is -0.469 e. The number of methoxy groups -OCH3 is 1. The second-order valence-electron chi connectivity index (χ2n) is 5.94. The fraction of sp³-hybridized carbons (Fsp3) is 0.562. The third-order valence-corrected chi connectivity index (χ3v) is 5.12. The molecule has 2 atom stereocenters. The first-order chi connectivity index (χ1) is 11.2. The number of aromatic nitrogens is 2. The molecule has 23 heavy (non-hydrogen) atoms. The molecule has 1 aliphatic rings. The van der Waals surface area contributed by atoms with Crippen molar-refractivity contribution >= 4 is 28.2 Å². The van der Waals surface area contributed by atoms with Gasteiger partial charge >= 0.3 is 5.97 Å². The molecule has 2 aromatic heterocycles. The molecule has 1 aliphatic carbocycles. The molecule has 124 valence electrons. The molecule has 1 amide bonds. The minimum absolute atomic E-state index is 0.0865. The molecule has 1 saturated carbocycles. The molecule has 1 fully saturated rings. The molecule has 0 spiro atoms. The van der Waals surface area contributed by atoms with Gasteiger partial charge in [0.25, 0.3) is 0 Å². The van der Waals surface area contributed by atoms with Crippen molar-refractivity contribution in [2.75, 3.05) is 7.11 Å².